The van der Waals surface area contributed by atoms with E-state index >= 15 is 0 Å². The second-order valence-electron chi connectivity index (χ2n) is 7.75. The van der Waals surface area contributed by atoms with Crippen LogP contribution < -0.4 is 10.0 Å². The van der Waals surface area contributed by atoms with E-state index < -0.39 is 33.0 Å². The molecule has 1 aliphatic rings. The molecule has 0 radical (unpaired) electrons. The van der Waals surface area contributed by atoms with Gasteiger partial charge in [-0.1, -0.05) is 11.3 Å². The Morgan fingerprint density at radius 3 is 2.66 bits per heavy atom. The van der Waals surface area contributed by atoms with Crippen LogP contribution in [0, 0.1) is 0 Å². The summed E-state index contributed by atoms with van der Waals surface area (Å²) in [6, 6.07) is 1.43. The van der Waals surface area contributed by atoms with Crippen LogP contribution in [0.2, 0.25) is 0 Å². The zero-order valence-electron chi connectivity index (χ0n) is 17.1. The summed E-state index contributed by atoms with van der Waals surface area (Å²) in [5.41, 5.74) is 0.705. The van der Waals surface area contributed by atoms with E-state index in [2.05, 4.69) is 25.2 Å². The summed E-state index contributed by atoms with van der Waals surface area (Å²) in [5.74, 6) is -0.924. The predicted molar refractivity (Wildman–Crippen MR) is 113 cm³/mol. The van der Waals surface area contributed by atoms with E-state index in [4.69, 9.17) is 5.11 Å². The number of sulfonamides is 1. The van der Waals surface area contributed by atoms with Gasteiger partial charge < -0.3 is 10.4 Å². The first kappa shape index (κ1) is 22.5. The number of anilines is 1. The van der Waals surface area contributed by atoms with Crippen molar-refractivity contribution in [3.05, 3.63) is 23.0 Å². The fourth-order valence-corrected chi connectivity index (χ4v) is 5.41. The number of carboxylic acids is 1. The van der Waals surface area contributed by atoms with Crippen molar-refractivity contribution in [1.82, 2.24) is 24.3 Å². The number of carbonyl (C=O) groups is 1. The molecular formula is C18H20F2N6O4S2. The lowest BCUT2D eigenvalue weighted by molar-refractivity contribution is -0.136. The maximum absolute atomic E-state index is 13.0. The molecule has 3 heterocycles. The molecule has 172 valence electrons. The number of hydrogen-bond acceptors (Lipinski definition) is 8. The molecule has 0 saturated heterocycles. The van der Waals surface area contributed by atoms with Crippen molar-refractivity contribution < 1.29 is 27.1 Å². The van der Waals surface area contributed by atoms with Crippen molar-refractivity contribution in [3.8, 4) is 10.8 Å². The molecule has 0 spiro atoms. The number of aliphatic carboxylic acids is 1. The van der Waals surface area contributed by atoms with Crippen LogP contribution in [0.4, 0.5) is 14.5 Å². The van der Waals surface area contributed by atoms with Crippen molar-refractivity contribution >= 4 is 38.5 Å². The molecule has 0 aliphatic heterocycles. The molecule has 3 aromatic rings. The number of alkyl halides is 2. The third-order valence-electron chi connectivity index (χ3n) is 5.14. The van der Waals surface area contributed by atoms with Crippen molar-refractivity contribution in [2.24, 2.45) is 0 Å². The lowest BCUT2D eigenvalue weighted by Gasteiger charge is -2.14. The minimum Gasteiger partial charge on any atom is -0.481 e. The van der Waals surface area contributed by atoms with Gasteiger partial charge in [0.15, 0.2) is 15.8 Å². The normalized spacial score (nSPS) is 15.4. The number of imidazole rings is 1. The quantitative estimate of drug-likeness (QED) is 0.420. The Morgan fingerprint density at radius 2 is 2.09 bits per heavy atom. The Labute approximate surface area is 185 Å². The van der Waals surface area contributed by atoms with Gasteiger partial charge in [-0.25, -0.2) is 26.9 Å². The fraction of sp³-hybridized carbons (Fsp3) is 0.444. The van der Waals surface area contributed by atoms with Crippen LogP contribution in [0.25, 0.3) is 16.3 Å². The van der Waals surface area contributed by atoms with Crippen LogP contribution in [0.15, 0.2) is 17.2 Å². The minimum atomic E-state index is -3.89. The molecule has 0 amide bonds. The first-order valence-electron chi connectivity index (χ1n) is 9.63. The standard InChI is InChI=1S/C18H20F2N6O4S2/c1-18(5-6-18)25-32(29,30)9-7-11(21-2)13-10(3-4-12(27)28)22-15(26(13)8-9)17-24-23-16(31-17)14(19)20/h7-8,14,21,25H,3-6H2,1-2H3,(H,27,28). The number of nitrogens with one attached hydrogen (secondary N) is 2. The number of aromatic nitrogens is 4. The van der Waals surface area contributed by atoms with Gasteiger partial charge in [0.25, 0.3) is 6.43 Å². The highest BCUT2D eigenvalue weighted by Gasteiger charge is 2.41. The summed E-state index contributed by atoms with van der Waals surface area (Å²) in [6.07, 6.45) is -0.190. The number of carboxylic acid groups (broad SMARTS) is 1. The van der Waals surface area contributed by atoms with Gasteiger partial charge in [-0.15, -0.1) is 10.2 Å². The topological polar surface area (TPSA) is 139 Å². The van der Waals surface area contributed by atoms with Crippen LogP contribution >= 0.6 is 11.3 Å². The number of aryl methyl sites for hydroxylation is 1. The molecule has 3 aromatic heterocycles. The summed E-state index contributed by atoms with van der Waals surface area (Å²) in [5, 5.41) is 18.8. The third-order valence-corrected chi connectivity index (χ3v) is 7.67. The summed E-state index contributed by atoms with van der Waals surface area (Å²) in [4.78, 5) is 15.5. The summed E-state index contributed by atoms with van der Waals surface area (Å²) in [6.45, 7) is 1.81. The molecule has 0 atom stereocenters. The smallest absolute Gasteiger partial charge is 0.303 e. The largest absolute Gasteiger partial charge is 0.481 e. The van der Waals surface area contributed by atoms with Gasteiger partial charge in [-0.3, -0.25) is 9.20 Å². The molecule has 3 N–H and O–H groups in total. The van der Waals surface area contributed by atoms with Gasteiger partial charge in [0.05, 0.1) is 23.3 Å². The number of halogens is 2. The van der Waals surface area contributed by atoms with Crippen LogP contribution in [0.5, 0.6) is 0 Å². The van der Waals surface area contributed by atoms with E-state index in [0.29, 0.717) is 28.2 Å². The summed E-state index contributed by atoms with van der Waals surface area (Å²) in [7, 11) is -2.30. The van der Waals surface area contributed by atoms with Crippen molar-refractivity contribution in [3.63, 3.8) is 0 Å². The molecule has 1 aliphatic carbocycles. The maximum atomic E-state index is 13.0. The van der Waals surface area contributed by atoms with E-state index in [1.165, 1.54) is 16.7 Å². The lowest BCUT2D eigenvalue weighted by atomic mass is 10.2. The summed E-state index contributed by atoms with van der Waals surface area (Å²) < 4.78 is 56.2. The molecule has 0 unspecified atom stereocenters. The zero-order chi connectivity index (χ0) is 23.3. The molecule has 1 saturated carbocycles. The molecule has 1 fully saturated rings. The molecule has 0 aromatic carbocycles. The van der Waals surface area contributed by atoms with Crippen molar-refractivity contribution in [1.29, 1.82) is 0 Å². The third kappa shape index (κ3) is 4.29. The predicted octanol–water partition coefficient (Wildman–Crippen LogP) is 2.68. The van der Waals surface area contributed by atoms with Crippen LogP contribution in [0.1, 0.15) is 43.3 Å². The molecular weight excluding hydrogens is 466 g/mol. The van der Waals surface area contributed by atoms with Crippen LogP contribution in [0.3, 0.4) is 0 Å². The van der Waals surface area contributed by atoms with Crippen LogP contribution in [-0.4, -0.2) is 51.7 Å². The zero-order valence-corrected chi connectivity index (χ0v) is 18.7. The van der Waals surface area contributed by atoms with Gasteiger partial charge in [-0.2, -0.15) is 0 Å². The number of fused-ring (bicyclic) bond motifs is 1. The second kappa shape index (κ2) is 8.01. The number of hydrogen-bond donors (Lipinski definition) is 3. The van der Waals surface area contributed by atoms with E-state index in [0.717, 1.165) is 12.8 Å². The van der Waals surface area contributed by atoms with E-state index in [1.54, 1.807) is 7.05 Å². The molecule has 32 heavy (non-hydrogen) atoms. The highest BCUT2D eigenvalue weighted by molar-refractivity contribution is 7.89. The first-order valence-corrected chi connectivity index (χ1v) is 11.9. The van der Waals surface area contributed by atoms with Gasteiger partial charge in [0, 0.05) is 25.2 Å². The highest BCUT2D eigenvalue weighted by Crippen LogP contribution is 2.37. The summed E-state index contributed by atoms with van der Waals surface area (Å²) >= 11 is 0.636. The fourth-order valence-electron chi connectivity index (χ4n) is 3.24. The molecule has 4 rings (SSSR count). The molecule has 0 bridgehead atoms. The van der Waals surface area contributed by atoms with Gasteiger partial charge in [0.1, 0.15) is 4.90 Å². The van der Waals surface area contributed by atoms with Crippen LogP contribution in [-0.2, 0) is 21.2 Å². The number of pyridine rings is 1. The average Bonchev–Trinajstić information content (AvgIpc) is 3.13. The number of nitrogens with zero attached hydrogens (tertiary/aromatic N) is 4. The monoisotopic (exact) mass is 486 g/mol. The minimum absolute atomic E-state index is 0.0514. The Morgan fingerprint density at radius 1 is 1.38 bits per heavy atom. The van der Waals surface area contributed by atoms with E-state index in [-0.39, 0.29) is 28.6 Å². The molecule has 14 heteroatoms. The number of rotatable bonds is 9. The van der Waals surface area contributed by atoms with Gasteiger partial charge in [0.2, 0.25) is 10.0 Å². The Kier molecular flexibility index (Phi) is 5.63. The van der Waals surface area contributed by atoms with E-state index in [1.807, 2.05) is 6.92 Å². The first-order chi connectivity index (χ1) is 15.0. The maximum Gasteiger partial charge on any atom is 0.303 e. The average molecular weight is 487 g/mol. The Hall–Kier alpha value is -2.71. The Bertz CT molecular complexity index is 1300. The second-order valence-corrected chi connectivity index (χ2v) is 10.4. The van der Waals surface area contributed by atoms with E-state index in [9.17, 15) is 22.0 Å². The highest BCUT2D eigenvalue weighted by atomic mass is 32.2. The van der Waals surface area contributed by atoms with Gasteiger partial charge in [-0.05, 0) is 25.8 Å². The van der Waals surface area contributed by atoms with Crippen molar-refractivity contribution in [2.45, 2.75) is 49.5 Å². The lowest BCUT2D eigenvalue weighted by Crippen LogP contribution is -2.34. The SMILES string of the molecule is CNc1cc(S(=O)(=O)NC2(C)CC2)cn2c(-c3nnc(C(F)F)s3)nc(CCC(=O)O)c12. The Balaban J connectivity index is 1.91. The van der Waals surface area contributed by atoms with Gasteiger partial charge >= 0.3 is 5.97 Å². The molecule has 10 nitrogen and oxygen atoms in total. The van der Waals surface area contributed by atoms with Crippen molar-refractivity contribution in [2.75, 3.05) is 12.4 Å².